The number of aromatic amines is 1. The molecule has 0 saturated carbocycles. The van der Waals surface area contributed by atoms with Crippen LogP contribution < -0.4 is 17.0 Å². The molecule has 2 saturated heterocycles. The van der Waals surface area contributed by atoms with Gasteiger partial charge in [-0.05, 0) is 12.8 Å². The van der Waals surface area contributed by atoms with Crippen LogP contribution in [0.3, 0.4) is 0 Å². The molecule has 41 heavy (non-hydrogen) atoms. The summed E-state index contributed by atoms with van der Waals surface area (Å²) in [5, 5.41) is 0. The Labute approximate surface area is 231 Å². The van der Waals surface area contributed by atoms with Crippen molar-refractivity contribution in [3.63, 3.8) is 0 Å². The number of H-pyrrole nitrogens is 1. The van der Waals surface area contributed by atoms with E-state index >= 15 is 0 Å². The molecule has 6 rings (SSSR count). The number of anilines is 2. The van der Waals surface area contributed by atoms with E-state index in [1.54, 1.807) is 10.9 Å². The molecular formula is C20H24N10O9P2+2. The molecule has 0 bridgehead atoms. The number of aromatic nitrogens is 8. The Hall–Kier alpha value is -3.54. The summed E-state index contributed by atoms with van der Waals surface area (Å²) in [7, 11) is -5.57. The molecule has 0 aliphatic carbocycles. The van der Waals surface area contributed by atoms with Gasteiger partial charge in [-0.25, -0.2) is 19.9 Å². The number of ether oxygens (including phenoxy) is 2. The molecule has 2 aliphatic rings. The molecule has 2 aliphatic heterocycles. The number of hydrogen-bond acceptors (Lipinski definition) is 15. The monoisotopic (exact) mass is 610 g/mol. The summed E-state index contributed by atoms with van der Waals surface area (Å²) in [6.45, 7) is -0.354. The van der Waals surface area contributed by atoms with Gasteiger partial charge < -0.3 is 20.9 Å². The van der Waals surface area contributed by atoms with Crippen LogP contribution in [0.5, 0.6) is 0 Å². The summed E-state index contributed by atoms with van der Waals surface area (Å²) in [5.74, 6) is 0.155. The van der Waals surface area contributed by atoms with Crippen molar-refractivity contribution in [2.75, 3.05) is 24.7 Å². The zero-order chi connectivity index (χ0) is 28.7. The number of nitrogens with two attached hydrogens (primary N) is 2. The van der Waals surface area contributed by atoms with Gasteiger partial charge in [-0.1, -0.05) is 0 Å². The molecule has 19 nitrogen and oxygen atoms in total. The zero-order valence-corrected chi connectivity index (χ0v) is 22.8. The summed E-state index contributed by atoms with van der Waals surface area (Å²) in [6.07, 6.45) is 2.34. The van der Waals surface area contributed by atoms with Gasteiger partial charge in [0.15, 0.2) is 22.6 Å². The van der Waals surface area contributed by atoms with E-state index in [0.717, 1.165) is 0 Å². The van der Waals surface area contributed by atoms with Crippen molar-refractivity contribution in [3.05, 3.63) is 29.3 Å². The van der Waals surface area contributed by atoms with E-state index in [-0.39, 0.29) is 54.9 Å². The Morgan fingerprint density at radius 1 is 1.00 bits per heavy atom. The Morgan fingerprint density at radius 2 is 1.78 bits per heavy atom. The highest BCUT2D eigenvalue weighted by Gasteiger charge is 2.45. The van der Waals surface area contributed by atoms with Gasteiger partial charge in [-0.2, -0.15) is 4.98 Å². The first kappa shape index (κ1) is 27.6. The smallest absolute Gasteiger partial charge is 0.382 e. The fourth-order valence-electron chi connectivity index (χ4n) is 4.80. The minimum atomic E-state index is -2.92. The van der Waals surface area contributed by atoms with Crippen LogP contribution in [0.25, 0.3) is 22.3 Å². The molecule has 0 amide bonds. The Bertz CT molecular complexity index is 1680. The average Bonchev–Trinajstić information content (AvgIpc) is 3.71. The molecule has 2 unspecified atom stereocenters. The predicted molar refractivity (Wildman–Crippen MR) is 138 cm³/mol. The highest BCUT2D eigenvalue weighted by molar-refractivity contribution is 7.33. The lowest BCUT2D eigenvalue weighted by molar-refractivity contribution is -0.0381. The van der Waals surface area contributed by atoms with E-state index < -0.39 is 40.5 Å². The summed E-state index contributed by atoms with van der Waals surface area (Å²) < 4.78 is 55.0. The number of nitrogens with one attached hydrogen (secondary N) is 1. The summed E-state index contributed by atoms with van der Waals surface area (Å²) in [5.41, 5.74) is 12.2. The van der Waals surface area contributed by atoms with E-state index in [1.165, 1.54) is 17.2 Å². The van der Waals surface area contributed by atoms with Crippen LogP contribution >= 0.6 is 16.5 Å². The fraction of sp³-hybridized carbons (Fsp3) is 0.500. The van der Waals surface area contributed by atoms with Crippen LogP contribution in [-0.4, -0.2) is 75.5 Å². The maximum atomic E-state index is 12.8. The first-order valence-corrected chi connectivity index (χ1v) is 14.5. The van der Waals surface area contributed by atoms with Gasteiger partial charge in [0.05, 0.1) is 18.8 Å². The minimum Gasteiger partial charge on any atom is -0.382 e. The average molecular weight is 610 g/mol. The molecule has 21 heteroatoms. The van der Waals surface area contributed by atoms with Crippen LogP contribution in [0, 0.1) is 0 Å². The Morgan fingerprint density at radius 3 is 2.59 bits per heavy atom. The Balaban J connectivity index is 1.08. The summed E-state index contributed by atoms with van der Waals surface area (Å²) in [6, 6.07) is 0. The van der Waals surface area contributed by atoms with Gasteiger partial charge in [-0.15, -0.1) is 18.5 Å². The van der Waals surface area contributed by atoms with Gasteiger partial charge in [-0.3, -0.25) is 18.9 Å². The third-order valence-electron chi connectivity index (χ3n) is 6.66. The Kier molecular flexibility index (Phi) is 7.67. The quantitative estimate of drug-likeness (QED) is 0.181. The van der Waals surface area contributed by atoms with Gasteiger partial charge in [0.25, 0.3) is 5.56 Å². The van der Waals surface area contributed by atoms with Gasteiger partial charge in [0.1, 0.15) is 49.7 Å². The molecule has 0 spiro atoms. The maximum Gasteiger partial charge on any atom is 0.697 e. The molecule has 6 heterocycles. The first-order valence-electron chi connectivity index (χ1n) is 12.3. The van der Waals surface area contributed by atoms with Crippen LogP contribution in [0.15, 0.2) is 23.8 Å². The second kappa shape index (κ2) is 11.4. The number of fused-ring (bicyclic) bond motifs is 2. The van der Waals surface area contributed by atoms with Crippen molar-refractivity contribution in [1.29, 1.82) is 0 Å². The number of nitrogen functional groups attached to an aromatic ring is 2. The van der Waals surface area contributed by atoms with Crippen LogP contribution in [-0.2, 0) is 32.2 Å². The lowest BCUT2D eigenvalue weighted by atomic mass is 10.2. The van der Waals surface area contributed by atoms with Gasteiger partial charge in [0, 0.05) is 15.6 Å². The van der Waals surface area contributed by atoms with E-state index in [4.69, 9.17) is 39.4 Å². The predicted octanol–water partition coefficient (Wildman–Crippen LogP) is 0.814. The van der Waals surface area contributed by atoms with Gasteiger partial charge >= 0.3 is 16.5 Å². The van der Waals surface area contributed by atoms with E-state index in [0.29, 0.717) is 24.0 Å². The lowest BCUT2D eigenvalue weighted by Crippen LogP contribution is -2.27. The number of imidazole rings is 2. The van der Waals surface area contributed by atoms with Crippen LogP contribution in [0.1, 0.15) is 31.7 Å². The first-order chi connectivity index (χ1) is 19.8. The van der Waals surface area contributed by atoms with Crippen LogP contribution in [0.4, 0.5) is 11.8 Å². The number of rotatable bonds is 10. The highest BCUT2D eigenvalue weighted by atomic mass is 31.1. The zero-order valence-electron chi connectivity index (χ0n) is 21.0. The third-order valence-corrected chi connectivity index (χ3v) is 7.83. The molecule has 4 aromatic rings. The summed E-state index contributed by atoms with van der Waals surface area (Å²) in [4.78, 5) is 44.2. The third kappa shape index (κ3) is 5.66. The highest BCUT2D eigenvalue weighted by Crippen LogP contribution is 2.40. The maximum absolute atomic E-state index is 12.8. The standard InChI is InChI=1S/C20H22N10O9P2/c21-16-14-17(24-6-23-16)29(7-25-14)12-2-1-9(37-12)4-36-41(34)39-10-3-13(38-11(10)5-35-40(32)33)30-8-26-15-18(30)27-20(22)28-19(15)31/h6-13H,1-5H2,(H4-2,21,22,23,24,27,28,31,32,33)/p+2/t9-,10-,11+,12+,13+/m0/s1. The topological polar surface area (TPSA) is 260 Å². The van der Waals surface area contributed by atoms with Gasteiger partial charge in [0.2, 0.25) is 5.95 Å². The summed E-state index contributed by atoms with van der Waals surface area (Å²) >= 11 is 0. The van der Waals surface area contributed by atoms with Crippen LogP contribution in [0.2, 0.25) is 0 Å². The minimum absolute atomic E-state index is 0.0196. The fourth-order valence-corrected chi connectivity index (χ4v) is 5.87. The molecule has 0 aromatic carbocycles. The van der Waals surface area contributed by atoms with E-state index in [2.05, 4.69) is 29.9 Å². The van der Waals surface area contributed by atoms with E-state index in [9.17, 15) is 13.9 Å². The second-order valence-corrected chi connectivity index (χ2v) is 10.9. The second-order valence-electron chi connectivity index (χ2n) is 9.21. The van der Waals surface area contributed by atoms with Crippen molar-refractivity contribution in [2.24, 2.45) is 0 Å². The molecular weight excluding hydrogens is 586 g/mol. The number of nitrogens with zero attached hydrogens (tertiary/aromatic N) is 7. The molecule has 2 fully saturated rings. The number of hydrogen-bond donors (Lipinski definition) is 4. The van der Waals surface area contributed by atoms with Crippen molar-refractivity contribution in [2.45, 2.75) is 50.0 Å². The van der Waals surface area contributed by atoms with Crippen molar-refractivity contribution in [3.8, 4) is 0 Å². The van der Waals surface area contributed by atoms with Crippen molar-refractivity contribution < 1.29 is 37.1 Å². The molecule has 0 radical (unpaired) electrons. The molecule has 216 valence electrons. The molecule has 7 atom stereocenters. The van der Waals surface area contributed by atoms with Crippen molar-refractivity contribution >= 4 is 50.6 Å². The lowest BCUT2D eigenvalue weighted by Gasteiger charge is -2.14. The largest absolute Gasteiger partial charge is 0.697 e. The SMILES string of the molecule is Nc1nc2c(ncn2[C@H]2C[C@H](O[P+](=O)OC[C@@H]3CC[C@H](n4cnc5c(N)ncnc54)O3)[C@@H](CO[P+](=O)O)O2)c(=O)[nH]1. The van der Waals surface area contributed by atoms with E-state index in [1.807, 2.05) is 0 Å². The normalized spacial score (nSPS) is 25.3. The molecule has 4 aromatic heterocycles. The van der Waals surface area contributed by atoms with Crippen molar-refractivity contribution in [1.82, 2.24) is 39.0 Å². The molecule has 6 N–H and O–H groups in total.